The first-order chi connectivity index (χ1) is 23.8. The van der Waals surface area contributed by atoms with E-state index in [1.165, 1.54) is 4.90 Å². The van der Waals surface area contributed by atoms with Crippen LogP contribution in [-0.4, -0.2) is 84.7 Å². The molecule has 0 unspecified atom stereocenters. The van der Waals surface area contributed by atoms with Gasteiger partial charge in [0.25, 0.3) is 11.8 Å². The zero-order valence-electron chi connectivity index (χ0n) is 30.3. The van der Waals surface area contributed by atoms with E-state index in [9.17, 15) is 24.3 Å². The van der Waals surface area contributed by atoms with Crippen LogP contribution in [0.2, 0.25) is 16.6 Å². The van der Waals surface area contributed by atoms with Gasteiger partial charge in [0.1, 0.15) is 25.4 Å². The highest BCUT2D eigenvalue weighted by molar-refractivity contribution is 6.77. The van der Waals surface area contributed by atoms with E-state index < -0.39 is 38.6 Å². The number of hydrogen-bond donors (Lipinski definition) is 1. The number of rotatable bonds is 13. The van der Waals surface area contributed by atoms with Gasteiger partial charge in [-0.15, -0.1) is 0 Å². The van der Waals surface area contributed by atoms with Crippen LogP contribution in [0, 0.1) is 11.8 Å². The molecule has 2 saturated heterocycles. The van der Waals surface area contributed by atoms with Crippen LogP contribution in [0.15, 0.2) is 60.7 Å². The third-order valence-electron chi connectivity index (χ3n) is 10.7. The lowest BCUT2D eigenvalue weighted by Gasteiger charge is -2.44. The van der Waals surface area contributed by atoms with Crippen LogP contribution in [0.5, 0.6) is 0 Å². The Kier molecular flexibility index (Phi) is 13.7. The molecule has 2 aliphatic heterocycles. The topological polar surface area (TPSA) is 123 Å². The van der Waals surface area contributed by atoms with Gasteiger partial charge in [0.05, 0.1) is 12.1 Å². The monoisotopic (exact) mass is 722 g/mol. The number of ether oxygens (including phenoxy) is 2. The van der Waals surface area contributed by atoms with Crippen LogP contribution in [0.4, 0.5) is 9.59 Å². The number of carbonyl (C=O) groups excluding carboxylic acids is 4. The molecule has 4 aliphatic rings. The molecular weight excluding hydrogens is 665 g/mol. The normalized spacial score (nSPS) is 21.5. The predicted octanol–water partition coefficient (Wildman–Crippen LogP) is 7.53. The first-order valence-corrected chi connectivity index (χ1v) is 20.4. The molecular formula is C40H58N2O8Si. The molecule has 1 N–H and O–H groups in total. The molecule has 2 aromatic rings. The Labute approximate surface area is 305 Å². The van der Waals surface area contributed by atoms with Crippen LogP contribution in [0.3, 0.4) is 0 Å². The van der Waals surface area contributed by atoms with Crippen molar-refractivity contribution in [2.45, 2.75) is 128 Å². The van der Waals surface area contributed by atoms with Gasteiger partial charge >= 0.3 is 12.2 Å². The van der Waals surface area contributed by atoms with Crippen LogP contribution < -0.4 is 0 Å². The molecule has 4 fully saturated rings. The van der Waals surface area contributed by atoms with Crippen molar-refractivity contribution in [1.29, 1.82) is 0 Å². The van der Waals surface area contributed by atoms with Crippen molar-refractivity contribution < 1.29 is 38.2 Å². The van der Waals surface area contributed by atoms with E-state index >= 15 is 0 Å². The molecule has 4 atom stereocenters. The summed E-state index contributed by atoms with van der Waals surface area (Å²) in [6, 6.07) is 19.0. The number of hydrogen-bond acceptors (Lipinski definition) is 8. The zero-order valence-corrected chi connectivity index (χ0v) is 31.3. The van der Waals surface area contributed by atoms with E-state index in [0.29, 0.717) is 29.5 Å². The van der Waals surface area contributed by atoms with E-state index in [-0.39, 0.29) is 50.5 Å². The number of aliphatic hydroxyl groups is 1. The second-order valence-corrected chi connectivity index (χ2v) is 20.6. The molecule has 0 aromatic heterocycles. The molecule has 2 heterocycles. The maximum absolute atomic E-state index is 13.7. The maximum atomic E-state index is 13.7. The summed E-state index contributed by atoms with van der Waals surface area (Å²) >= 11 is 0. The predicted molar refractivity (Wildman–Crippen MR) is 198 cm³/mol. The minimum Gasteiger partial charge on any atom is -0.447 e. The van der Waals surface area contributed by atoms with Crippen molar-refractivity contribution in [2.24, 2.45) is 11.8 Å². The van der Waals surface area contributed by atoms with E-state index in [2.05, 4.69) is 41.5 Å². The number of cyclic esters (lactones) is 2. The molecule has 51 heavy (non-hydrogen) atoms. The van der Waals surface area contributed by atoms with Crippen molar-refractivity contribution in [3.8, 4) is 0 Å². The lowest BCUT2D eigenvalue weighted by atomic mass is 10.1. The third-order valence-corrected chi connectivity index (χ3v) is 16.8. The summed E-state index contributed by atoms with van der Waals surface area (Å²) in [4.78, 5) is 52.7. The van der Waals surface area contributed by atoms with Crippen molar-refractivity contribution in [3.05, 3.63) is 71.8 Å². The molecule has 6 rings (SSSR count). The van der Waals surface area contributed by atoms with E-state index in [1.807, 2.05) is 60.7 Å². The SMILES string of the molecule is C.CC(C)[Si](O[C@H](C(=O)N1C(=O)OC[C@@H]1Cc1ccccc1)C1CC1)(C(C)C)C(C)C.O=C1OC[C@H](Cc2ccccc2)N1C(=O)[C@@H](O)C1CC1. The van der Waals surface area contributed by atoms with Crippen molar-refractivity contribution in [2.75, 3.05) is 13.2 Å². The molecule has 2 aromatic carbocycles. The largest absolute Gasteiger partial charge is 0.447 e. The lowest BCUT2D eigenvalue weighted by molar-refractivity contribution is -0.139. The number of benzene rings is 2. The fourth-order valence-corrected chi connectivity index (χ4v) is 13.4. The van der Waals surface area contributed by atoms with E-state index in [4.69, 9.17) is 13.9 Å². The highest BCUT2D eigenvalue weighted by Gasteiger charge is 2.53. The van der Waals surface area contributed by atoms with E-state index in [0.717, 1.165) is 41.7 Å². The van der Waals surface area contributed by atoms with Crippen LogP contribution >= 0.6 is 0 Å². The highest BCUT2D eigenvalue weighted by atomic mass is 28.4. The van der Waals surface area contributed by atoms with Crippen LogP contribution in [-0.2, 0) is 36.3 Å². The van der Waals surface area contributed by atoms with Crippen LogP contribution in [0.1, 0.15) is 85.8 Å². The van der Waals surface area contributed by atoms with Gasteiger partial charge < -0.3 is 19.0 Å². The summed E-state index contributed by atoms with van der Waals surface area (Å²) in [7, 11) is -2.24. The molecule has 10 nitrogen and oxygen atoms in total. The number of aliphatic hydroxyl groups excluding tert-OH is 1. The Bertz CT molecular complexity index is 1460. The van der Waals surface area contributed by atoms with Gasteiger partial charge in [0.15, 0.2) is 0 Å². The molecule has 2 saturated carbocycles. The molecule has 4 amide bonds. The standard InChI is InChI=1S/C24H37NO4Si.C15H17NO4.CH4/c1-16(2)30(17(3)4,18(5)6)29-22(20-12-13-20)23(26)25-21(15-28-24(25)27)14-19-10-8-7-9-11-19;17-13(11-6-7-11)14(18)16-12(9-20-15(16)19)8-10-4-2-1-3-5-10;/h7-11,16-18,20-22H,12-15H2,1-6H3;1-5,11-13,17H,6-9H2;1H4/t21-,22-;12-,13-;/m00./s1. The second-order valence-electron chi connectivity index (χ2n) is 15.2. The van der Waals surface area contributed by atoms with Crippen LogP contribution in [0.25, 0.3) is 0 Å². The van der Waals surface area contributed by atoms with Crippen molar-refractivity contribution in [3.63, 3.8) is 0 Å². The third kappa shape index (κ3) is 9.28. The quantitative estimate of drug-likeness (QED) is 0.211. The smallest absolute Gasteiger partial charge is 0.417 e. The summed E-state index contributed by atoms with van der Waals surface area (Å²) in [6.07, 6.45) is 2.05. The Morgan fingerprint density at radius 1 is 0.706 bits per heavy atom. The summed E-state index contributed by atoms with van der Waals surface area (Å²) in [6.45, 7) is 13.8. The molecule has 0 bridgehead atoms. The Morgan fingerprint density at radius 3 is 1.47 bits per heavy atom. The molecule has 0 spiro atoms. The van der Waals surface area contributed by atoms with Gasteiger partial charge in [0, 0.05) is 0 Å². The molecule has 280 valence electrons. The number of amides is 4. The van der Waals surface area contributed by atoms with Gasteiger partial charge in [0.2, 0.25) is 8.32 Å². The highest BCUT2D eigenvalue weighted by Crippen LogP contribution is 2.47. The fraction of sp³-hybridized carbons (Fsp3) is 0.600. The average Bonchev–Trinajstić information content (AvgIpc) is 4.03. The molecule has 0 radical (unpaired) electrons. The first kappa shape index (κ1) is 40.2. The van der Waals surface area contributed by atoms with Gasteiger partial charge in [-0.1, -0.05) is 110 Å². The summed E-state index contributed by atoms with van der Waals surface area (Å²) in [5, 5.41) is 9.92. The van der Waals surface area contributed by atoms with Gasteiger partial charge in [-0.2, -0.15) is 0 Å². The summed E-state index contributed by atoms with van der Waals surface area (Å²) < 4.78 is 17.2. The first-order valence-electron chi connectivity index (χ1n) is 18.3. The Balaban J connectivity index is 0.000000241. The van der Waals surface area contributed by atoms with Gasteiger partial charge in [-0.3, -0.25) is 9.59 Å². The van der Waals surface area contributed by atoms with E-state index in [1.54, 1.807) is 0 Å². The van der Waals surface area contributed by atoms with Gasteiger partial charge in [-0.05, 0) is 78.1 Å². The molecule has 2 aliphatic carbocycles. The second kappa shape index (κ2) is 17.3. The summed E-state index contributed by atoms with van der Waals surface area (Å²) in [5.41, 5.74) is 3.29. The Morgan fingerprint density at radius 2 is 1.10 bits per heavy atom. The lowest BCUT2D eigenvalue weighted by Crippen LogP contribution is -2.55. The maximum Gasteiger partial charge on any atom is 0.417 e. The average molecular weight is 723 g/mol. The fourth-order valence-electron chi connectivity index (χ4n) is 7.80. The zero-order chi connectivity index (χ0) is 36.2. The number of imide groups is 2. The summed E-state index contributed by atoms with van der Waals surface area (Å²) in [5.74, 6) is -0.490. The number of nitrogens with zero attached hydrogens (tertiary/aromatic N) is 2. The minimum absolute atomic E-state index is 0. The number of carbonyl (C=O) groups is 4. The van der Waals surface area contributed by atoms with Crippen molar-refractivity contribution in [1.82, 2.24) is 9.80 Å². The Hall–Kier alpha value is -3.54. The molecule has 11 heteroatoms. The van der Waals surface area contributed by atoms with Gasteiger partial charge in [-0.25, -0.2) is 19.4 Å². The van der Waals surface area contributed by atoms with Crippen molar-refractivity contribution >= 4 is 32.3 Å². The minimum atomic E-state index is -2.24.